The predicted octanol–water partition coefficient (Wildman–Crippen LogP) is 6.25. The molecule has 0 bridgehead atoms. The van der Waals surface area contributed by atoms with Gasteiger partial charge in [0.05, 0.1) is 5.39 Å². The summed E-state index contributed by atoms with van der Waals surface area (Å²) in [6.07, 6.45) is 6.37. The van der Waals surface area contributed by atoms with Crippen molar-refractivity contribution < 1.29 is 14.5 Å². The normalized spacial score (nSPS) is 16.2. The number of fused-ring (bicyclic) bond motifs is 2. The molecule has 1 aromatic heterocycles. The van der Waals surface area contributed by atoms with Gasteiger partial charge in [-0.15, -0.1) is 0 Å². The summed E-state index contributed by atoms with van der Waals surface area (Å²) in [5, 5.41) is 11.7. The first-order valence-electron chi connectivity index (χ1n) is 11.1. The Hall–Kier alpha value is -2.94. The Bertz CT molecular complexity index is 1340. The minimum atomic E-state index is -0.715. The summed E-state index contributed by atoms with van der Waals surface area (Å²) in [7, 11) is -0.528. The first kappa shape index (κ1) is 21.9. The van der Waals surface area contributed by atoms with Crippen LogP contribution in [0.2, 0.25) is 0 Å². The molecule has 0 saturated heterocycles. The SMILES string of the molecule is O=C(O)CCCP1C(=Cc2cc[n+](Cc3ccccc3)c3ccccc23)Sc2ccccc21. The lowest BCUT2D eigenvalue weighted by Gasteiger charge is -2.13. The smallest absolute Gasteiger partial charge is 0.303 e. The minimum absolute atomic E-state index is 0.229. The maximum absolute atomic E-state index is 11.1. The van der Waals surface area contributed by atoms with Gasteiger partial charge in [0.15, 0.2) is 12.7 Å². The fourth-order valence-electron chi connectivity index (χ4n) is 4.26. The molecular weight excluding hydrogens is 445 g/mol. The highest BCUT2D eigenvalue weighted by atomic mass is 32.2. The molecule has 0 radical (unpaired) electrons. The van der Waals surface area contributed by atoms with Crippen LogP contribution in [0.15, 0.2) is 101 Å². The van der Waals surface area contributed by atoms with Crippen molar-refractivity contribution in [1.82, 2.24) is 0 Å². The fraction of sp³-hybridized carbons (Fsp3) is 0.143. The van der Waals surface area contributed by atoms with Crippen LogP contribution in [0.4, 0.5) is 0 Å². The van der Waals surface area contributed by atoms with Crippen LogP contribution in [0, 0.1) is 0 Å². The molecule has 0 spiro atoms. The molecule has 5 rings (SSSR count). The molecule has 0 fully saturated rings. The van der Waals surface area contributed by atoms with Gasteiger partial charge in [-0.05, 0) is 49.6 Å². The van der Waals surface area contributed by atoms with E-state index in [4.69, 9.17) is 5.11 Å². The number of carbonyl (C=O) groups is 1. The zero-order chi connectivity index (χ0) is 22.6. The summed E-state index contributed by atoms with van der Waals surface area (Å²) < 4.78 is 3.67. The van der Waals surface area contributed by atoms with Crippen molar-refractivity contribution in [3.8, 4) is 0 Å². The topological polar surface area (TPSA) is 41.2 Å². The van der Waals surface area contributed by atoms with Crippen LogP contribution < -0.4 is 9.87 Å². The Kier molecular flexibility index (Phi) is 6.57. The molecule has 4 aromatic rings. The van der Waals surface area contributed by atoms with E-state index in [9.17, 15) is 4.79 Å². The largest absolute Gasteiger partial charge is 0.481 e. The van der Waals surface area contributed by atoms with Crippen molar-refractivity contribution in [2.45, 2.75) is 24.3 Å². The van der Waals surface area contributed by atoms with Gasteiger partial charge in [0.2, 0.25) is 5.52 Å². The first-order chi connectivity index (χ1) is 16.2. The van der Waals surface area contributed by atoms with Gasteiger partial charge in [0.1, 0.15) is 0 Å². The first-order valence-corrected chi connectivity index (χ1v) is 13.5. The number of benzene rings is 3. The van der Waals surface area contributed by atoms with Crippen molar-refractivity contribution in [3.63, 3.8) is 0 Å². The lowest BCUT2D eigenvalue weighted by Crippen LogP contribution is -2.34. The molecule has 3 aromatic carbocycles. The van der Waals surface area contributed by atoms with Crippen LogP contribution in [0.1, 0.15) is 24.0 Å². The summed E-state index contributed by atoms with van der Waals surface area (Å²) in [5.74, 6) is -0.715. The van der Waals surface area contributed by atoms with E-state index < -0.39 is 13.9 Å². The third-order valence-corrected chi connectivity index (χ3v) is 10.2. The van der Waals surface area contributed by atoms with Gasteiger partial charge in [-0.25, -0.2) is 0 Å². The van der Waals surface area contributed by atoms with Crippen molar-refractivity contribution >= 4 is 47.9 Å². The highest BCUT2D eigenvalue weighted by molar-refractivity contribution is 8.14. The molecule has 1 aliphatic heterocycles. The molecule has 33 heavy (non-hydrogen) atoms. The van der Waals surface area contributed by atoms with Gasteiger partial charge < -0.3 is 5.11 Å². The maximum atomic E-state index is 11.1. The molecule has 2 heterocycles. The minimum Gasteiger partial charge on any atom is -0.481 e. The molecule has 1 N–H and O–H groups in total. The van der Waals surface area contributed by atoms with E-state index in [0.29, 0.717) is 6.42 Å². The Balaban J connectivity index is 1.51. The van der Waals surface area contributed by atoms with E-state index in [0.717, 1.165) is 12.7 Å². The number of hydrogen-bond donors (Lipinski definition) is 1. The third-order valence-electron chi connectivity index (χ3n) is 5.84. The second-order valence-electron chi connectivity index (χ2n) is 8.10. The molecule has 1 aliphatic rings. The Labute approximate surface area is 199 Å². The molecule has 1 unspecified atom stereocenters. The summed E-state index contributed by atoms with van der Waals surface area (Å²) in [4.78, 5) is 12.4. The lowest BCUT2D eigenvalue weighted by molar-refractivity contribution is -0.662. The highest BCUT2D eigenvalue weighted by Crippen LogP contribution is 2.60. The molecule has 0 saturated carbocycles. The second kappa shape index (κ2) is 9.91. The van der Waals surface area contributed by atoms with Crippen LogP contribution in [0.3, 0.4) is 0 Å². The Morgan fingerprint density at radius 2 is 1.70 bits per heavy atom. The van der Waals surface area contributed by atoms with Crippen LogP contribution in [0.25, 0.3) is 17.0 Å². The molecule has 0 aliphatic carbocycles. The number of carboxylic acids is 1. The average molecular weight is 471 g/mol. The van der Waals surface area contributed by atoms with Crippen LogP contribution in [-0.4, -0.2) is 17.2 Å². The van der Waals surface area contributed by atoms with Crippen molar-refractivity contribution in [3.05, 3.63) is 107 Å². The number of rotatable bonds is 7. The third kappa shape index (κ3) is 4.88. The quantitative estimate of drug-likeness (QED) is 0.256. The number of nitrogens with zero attached hydrogens (tertiary/aromatic N) is 1. The zero-order valence-corrected chi connectivity index (χ0v) is 19.9. The maximum Gasteiger partial charge on any atom is 0.303 e. The lowest BCUT2D eigenvalue weighted by atomic mass is 10.1. The van der Waals surface area contributed by atoms with Crippen LogP contribution >= 0.6 is 19.7 Å². The predicted molar refractivity (Wildman–Crippen MR) is 138 cm³/mol. The van der Waals surface area contributed by atoms with E-state index >= 15 is 0 Å². The summed E-state index contributed by atoms with van der Waals surface area (Å²) >= 11 is 1.85. The molecule has 0 amide bonds. The van der Waals surface area contributed by atoms with E-state index in [-0.39, 0.29) is 6.42 Å². The summed E-state index contributed by atoms with van der Waals surface area (Å²) in [6.45, 7) is 0.834. The molecular formula is C28H25NO2PS+. The zero-order valence-electron chi connectivity index (χ0n) is 18.2. The van der Waals surface area contributed by atoms with Crippen molar-refractivity contribution in [2.24, 2.45) is 0 Å². The van der Waals surface area contributed by atoms with Crippen molar-refractivity contribution in [2.75, 3.05) is 6.16 Å². The van der Waals surface area contributed by atoms with Gasteiger partial charge in [-0.3, -0.25) is 4.79 Å². The summed E-state index contributed by atoms with van der Waals surface area (Å²) in [6, 6.07) is 29.9. The molecule has 5 heteroatoms. The number of thioether (sulfide) groups is 1. The van der Waals surface area contributed by atoms with Gasteiger partial charge in [0.25, 0.3) is 0 Å². The van der Waals surface area contributed by atoms with E-state index in [2.05, 4.69) is 95.7 Å². The molecule has 164 valence electrons. The number of aliphatic carboxylic acids is 1. The Morgan fingerprint density at radius 3 is 2.55 bits per heavy atom. The number of carboxylic acid groups (broad SMARTS) is 1. The van der Waals surface area contributed by atoms with Crippen molar-refractivity contribution in [1.29, 1.82) is 0 Å². The molecule has 3 nitrogen and oxygen atoms in total. The number of hydrogen-bond acceptors (Lipinski definition) is 2. The van der Waals surface area contributed by atoms with Gasteiger partial charge in [0, 0.05) is 33.7 Å². The van der Waals surface area contributed by atoms with Gasteiger partial charge >= 0.3 is 5.97 Å². The fourth-order valence-corrected chi connectivity index (χ4v) is 8.84. The highest BCUT2D eigenvalue weighted by Gasteiger charge is 2.28. The van der Waals surface area contributed by atoms with Crippen LogP contribution in [0.5, 0.6) is 0 Å². The average Bonchev–Trinajstić information content (AvgIpc) is 3.18. The van der Waals surface area contributed by atoms with Gasteiger partial charge in [-0.2, -0.15) is 4.57 Å². The van der Waals surface area contributed by atoms with E-state index in [1.807, 2.05) is 17.8 Å². The van der Waals surface area contributed by atoms with Gasteiger partial charge in [-0.1, -0.05) is 72.4 Å². The standard InChI is InChI=1S/C28H24NO2PS/c30-27(31)15-8-18-32-25-13-6-7-14-26(25)33-28(32)19-22-16-17-29(20-21-9-2-1-3-10-21)24-12-5-4-11-23(22)24/h1-7,9-14,16-17,19H,8,15,18,20H2/p+1. The number of aromatic nitrogens is 1. The summed E-state index contributed by atoms with van der Waals surface area (Å²) in [5.41, 5.74) is 3.71. The van der Waals surface area contributed by atoms with E-state index in [1.165, 1.54) is 36.9 Å². The second-order valence-corrected chi connectivity index (χ2v) is 11.8. The monoisotopic (exact) mass is 470 g/mol. The molecule has 1 atom stereocenters. The Morgan fingerprint density at radius 1 is 0.939 bits per heavy atom. The van der Waals surface area contributed by atoms with E-state index in [1.54, 1.807) is 0 Å². The number of pyridine rings is 1. The van der Waals surface area contributed by atoms with Crippen LogP contribution in [-0.2, 0) is 11.3 Å². The number of para-hydroxylation sites is 1.